The van der Waals surface area contributed by atoms with E-state index in [1.54, 1.807) is 0 Å². The van der Waals surface area contributed by atoms with Gasteiger partial charge in [0.15, 0.2) is 5.92 Å². The minimum atomic E-state index is -4.55. The van der Waals surface area contributed by atoms with Crippen LogP contribution in [0.3, 0.4) is 0 Å². The normalized spacial score (nSPS) is 12.9. The Morgan fingerprint density at radius 2 is 2.00 bits per heavy atom. The molecule has 7 heteroatoms. The zero-order valence-electron chi connectivity index (χ0n) is 8.35. The summed E-state index contributed by atoms with van der Waals surface area (Å²) in [6.45, 7) is -0.554. The Morgan fingerprint density at radius 1 is 1.35 bits per heavy atom. The molecule has 0 bridgehead atoms. The lowest BCUT2D eigenvalue weighted by Crippen LogP contribution is -2.28. The van der Waals surface area contributed by atoms with Gasteiger partial charge in [-0.05, 0) is 18.2 Å². The maximum atomic E-state index is 12.3. The Bertz CT molecular complexity index is 440. The molecule has 0 spiro atoms. The molecule has 0 saturated heterocycles. The number of hydrogen-bond acceptors (Lipinski definition) is 2. The maximum Gasteiger partial charge on any atom is 0.406 e. The fraction of sp³-hybridized carbons (Fsp3) is 0.300. The van der Waals surface area contributed by atoms with E-state index in [9.17, 15) is 13.2 Å². The molecule has 1 atom stereocenters. The van der Waals surface area contributed by atoms with Crippen LogP contribution in [0.2, 0.25) is 10.0 Å². The molecule has 0 aliphatic carbocycles. The van der Waals surface area contributed by atoms with E-state index in [-0.39, 0.29) is 5.02 Å². The fourth-order valence-corrected chi connectivity index (χ4v) is 1.55. The molecule has 17 heavy (non-hydrogen) atoms. The van der Waals surface area contributed by atoms with Crippen LogP contribution in [0.1, 0.15) is 0 Å². The Morgan fingerprint density at radius 3 is 2.47 bits per heavy atom. The Kier molecular flexibility index (Phi) is 4.49. The highest BCUT2D eigenvalue weighted by molar-refractivity contribution is 6.36. The largest absolute Gasteiger partial charge is 0.406 e. The summed E-state index contributed by atoms with van der Waals surface area (Å²) in [6.07, 6.45) is -4.55. The molecule has 1 rings (SSSR count). The zero-order chi connectivity index (χ0) is 13.1. The van der Waals surface area contributed by atoms with Crippen LogP contribution in [0.15, 0.2) is 18.2 Å². The van der Waals surface area contributed by atoms with Gasteiger partial charge in [-0.2, -0.15) is 18.4 Å². The van der Waals surface area contributed by atoms with Gasteiger partial charge in [-0.15, -0.1) is 0 Å². The van der Waals surface area contributed by atoms with E-state index >= 15 is 0 Å². The predicted molar refractivity (Wildman–Crippen MR) is 60.1 cm³/mol. The van der Waals surface area contributed by atoms with Gasteiger partial charge < -0.3 is 5.32 Å². The van der Waals surface area contributed by atoms with Crippen LogP contribution in [-0.2, 0) is 0 Å². The third-order valence-corrected chi connectivity index (χ3v) is 2.53. The minimum absolute atomic E-state index is 0.205. The zero-order valence-corrected chi connectivity index (χ0v) is 9.87. The van der Waals surface area contributed by atoms with E-state index in [0.717, 1.165) is 0 Å². The summed E-state index contributed by atoms with van der Waals surface area (Å²) < 4.78 is 36.8. The summed E-state index contributed by atoms with van der Waals surface area (Å²) >= 11 is 11.4. The van der Waals surface area contributed by atoms with Gasteiger partial charge in [0.05, 0.1) is 16.8 Å². The van der Waals surface area contributed by atoms with Crippen molar-refractivity contribution in [3.05, 3.63) is 28.2 Å². The number of rotatable bonds is 3. The highest BCUT2D eigenvalue weighted by atomic mass is 35.5. The van der Waals surface area contributed by atoms with E-state index in [1.165, 1.54) is 24.3 Å². The van der Waals surface area contributed by atoms with Crippen LogP contribution < -0.4 is 5.32 Å². The molecule has 1 aromatic rings. The van der Waals surface area contributed by atoms with Gasteiger partial charge in [0.2, 0.25) is 0 Å². The molecule has 0 aliphatic rings. The molecular formula is C10H7Cl2F3N2. The minimum Gasteiger partial charge on any atom is -0.382 e. The number of alkyl halides is 3. The van der Waals surface area contributed by atoms with Crippen molar-refractivity contribution in [3.63, 3.8) is 0 Å². The van der Waals surface area contributed by atoms with E-state index in [0.29, 0.717) is 10.7 Å². The van der Waals surface area contributed by atoms with Crippen molar-refractivity contribution < 1.29 is 13.2 Å². The lowest BCUT2D eigenvalue weighted by Gasteiger charge is -2.15. The van der Waals surface area contributed by atoms with Crippen molar-refractivity contribution in [2.75, 3.05) is 11.9 Å². The Balaban J connectivity index is 2.71. The molecule has 0 heterocycles. The van der Waals surface area contributed by atoms with Crippen LogP contribution in [0.5, 0.6) is 0 Å². The molecule has 0 amide bonds. The second-order valence-electron chi connectivity index (χ2n) is 3.23. The van der Waals surface area contributed by atoms with Crippen molar-refractivity contribution in [2.24, 2.45) is 5.92 Å². The molecule has 92 valence electrons. The first-order valence-electron chi connectivity index (χ1n) is 4.50. The molecule has 1 unspecified atom stereocenters. The second kappa shape index (κ2) is 5.48. The second-order valence-corrected chi connectivity index (χ2v) is 4.07. The van der Waals surface area contributed by atoms with Crippen LogP contribution in [-0.4, -0.2) is 12.7 Å². The molecule has 0 radical (unpaired) electrons. The highest BCUT2D eigenvalue weighted by Gasteiger charge is 2.39. The van der Waals surface area contributed by atoms with Gasteiger partial charge in [0.1, 0.15) is 0 Å². The van der Waals surface area contributed by atoms with Gasteiger partial charge in [0, 0.05) is 11.6 Å². The molecule has 0 aliphatic heterocycles. The lowest BCUT2D eigenvalue weighted by molar-refractivity contribution is -0.155. The van der Waals surface area contributed by atoms with Crippen LogP contribution >= 0.6 is 23.2 Å². The quantitative estimate of drug-likeness (QED) is 0.906. The van der Waals surface area contributed by atoms with Crippen molar-refractivity contribution in [2.45, 2.75) is 6.18 Å². The van der Waals surface area contributed by atoms with E-state index < -0.39 is 18.6 Å². The Labute approximate surface area is 106 Å². The summed E-state index contributed by atoms with van der Waals surface area (Å²) in [5.74, 6) is -2.07. The number of hydrogen-bond donors (Lipinski definition) is 1. The topological polar surface area (TPSA) is 35.8 Å². The van der Waals surface area contributed by atoms with Crippen molar-refractivity contribution >= 4 is 28.9 Å². The van der Waals surface area contributed by atoms with Gasteiger partial charge >= 0.3 is 6.18 Å². The van der Waals surface area contributed by atoms with E-state index in [1.807, 2.05) is 0 Å². The van der Waals surface area contributed by atoms with E-state index in [4.69, 9.17) is 28.5 Å². The Hall–Kier alpha value is -1.12. The first-order valence-corrected chi connectivity index (χ1v) is 5.25. The lowest BCUT2D eigenvalue weighted by atomic mass is 10.1. The average molecular weight is 283 g/mol. The number of nitrogens with zero attached hydrogens (tertiary/aromatic N) is 1. The molecule has 1 aromatic carbocycles. The summed E-state index contributed by atoms with van der Waals surface area (Å²) in [5, 5.41) is 11.4. The number of benzene rings is 1. The third-order valence-electron chi connectivity index (χ3n) is 1.98. The molecular weight excluding hydrogens is 276 g/mol. The van der Waals surface area contributed by atoms with Crippen LogP contribution in [0.25, 0.3) is 0 Å². The van der Waals surface area contributed by atoms with Gasteiger partial charge in [-0.25, -0.2) is 0 Å². The number of halogens is 5. The highest BCUT2D eigenvalue weighted by Crippen LogP contribution is 2.28. The number of anilines is 1. The maximum absolute atomic E-state index is 12.3. The molecule has 2 nitrogen and oxygen atoms in total. The molecule has 0 fully saturated rings. The standard InChI is InChI=1S/C10H7Cl2F3N2/c11-7-1-2-9(8(12)3-7)17-5-6(4-16)10(13,14)15/h1-3,6,17H,5H2. The summed E-state index contributed by atoms with van der Waals surface area (Å²) in [5.41, 5.74) is 0.306. The summed E-state index contributed by atoms with van der Waals surface area (Å²) in [6, 6.07) is 5.53. The predicted octanol–water partition coefficient (Wildman–Crippen LogP) is 4.11. The van der Waals surface area contributed by atoms with E-state index in [2.05, 4.69) is 5.32 Å². The molecule has 0 aromatic heterocycles. The van der Waals surface area contributed by atoms with Gasteiger partial charge in [0.25, 0.3) is 0 Å². The fourth-order valence-electron chi connectivity index (χ4n) is 1.08. The summed E-state index contributed by atoms with van der Waals surface area (Å²) in [4.78, 5) is 0. The number of nitriles is 1. The average Bonchev–Trinajstić information content (AvgIpc) is 2.19. The van der Waals surface area contributed by atoms with Crippen molar-refractivity contribution in [1.82, 2.24) is 0 Å². The van der Waals surface area contributed by atoms with Crippen LogP contribution in [0.4, 0.5) is 18.9 Å². The smallest absolute Gasteiger partial charge is 0.382 e. The van der Waals surface area contributed by atoms with Gasteiger partial charge in [-0.3, -0.25) is 0 Å². The van der Waals surface area contributed by atoms with Gasteiger partial charge in [-0.1, -0.05) is 23.2 Å². The third kappa shape index (κ3) is 3.99. The van der Waals surface area contributed by atoms with Crippen LogP contribution in [0, 0.1) is 17.2 Å². The summed E-state index contributed by atoms with van der Waals surface area (Å²) in [7, 11) is 0. The molecule has 0 saturated carbocycles. The SMILES string of the molecule is N#CC(CNc1ccc(Cl)cc1Cl)C(F)(F)F. The van der Waals surface area contributed by atoms with Crippen molar-refractivity contribution in [3.8, 4) is 6.07 Å². The molecule has 1 N–H and O–H groups in total. The monoisotopic (exact) mass is 282 g/mol. The first kappa shape index (κ1) is 13.9. The van der Waals surface area contributed by atoms with Crippen molar-refractivity contribution in [1.29, 1.82) is 5.26 Å². The number of nitrogens with one attached hydrogen (secondary N) is 1. The first-order chi connectivity index (χ1) is 7.84.